The Morgan fingerprint density at radius 3 is 2.81 bits per heavy atom. The maximum Gasteiger partial charge on any atom is 0.241 e. The van der Waals surface area contributed by atoms with E-state index in [0.717, 1.165) is 19.5 Å². The molecule has 0 aromatic heterocycles. The summed E-state index contributed by atoms with van der Waals surface area (Å²) in [6.07, 6.45) is 2.28. The molecule has 3 unspecified atom stereocenters. The first-order valence-corrected chi connectivity index (χ1v) is 6.08. The molecule has 16 heavy (non-hydrogen) atoms. The molecule has 0 radical (unpaired) electrons. The Bertz CT molecular complexity index is 233. The number of nitrogens with zero attached hydrogens (tertiary/aromatic N) is 1. The molecule has 3 atom stereocenters. The summed E-state index contributed by atoms with van der Waals surface area (Å²) in [6, 6.07) is -0.509. The van der Waals surface area contributed by atoms with E-state index >= 15 is 0 Å². The highest BCUT2D eigenvalue weighted by Gasteiger charge is 2.25. The van der Waals surface area contributed by atoms with E-state index < -0.39 is 6.04 Å². The molecule has 4 heteroatoms. The molecule has 0 aliphatic carbocycles. The maximum absolute atomic E-state index is 12.0. The summed E-state index contributed by atoms with van der Waals surface area (Å²) in [5.74, 6) is 1.30. The lowest BCUT2D eigenvalue weighted by atomic mass is 9.97. The van der Waals surface area contributed by atoms with Crippen LogP contribution in [0, 0.1) is 11.8 Å². The number of hydrogen-bond acceptors (Lipinski definition) is 3. The number of likely N-dealkylation sites (tertiary alicyclic amines) is 1. The molecule has 94 valence electrons. The zero-order valence-electron chi connectivity index (χ0n) is 10.6. The average Bonchev–Trinajstić information content (AvgIpc) is 2.38. The van der Waals surface area contributed by atoms with Crippen molar-refractivity contribution in [1.82, 2.24) is 4.90 Å². The van der Waals surface area contributed by atoms with Crippen LogP contribution in [0.4, 0.5) is 0 Å². The lowest BCUT2D eigenvalue weighted by Gasteiger charge is -2.25. The third-order valence-electron chi connectivity index (χ3n) is 3.20. The highest BCUT2D eigenvalue weighted by Crippen LogP contribution is 2.21. The second kappa shape index (κ2) is 6.21. The summed E-state index contributed by atoms with van der Waals surface area (Å²) in [5.41, 5.74) is 5.77. The Labute approximate surface area is 98.1 Å². The van der Waals surface area contributed by atoms with Crippen LogP contribution in [-0.4, -0.2) is 43.7 Å². The van der Waals surface area contributed by atoms with Crippen molar-refractivity contribution >= 4 is 5.91 Å². The number of rotatable bonds is 3. The van der Waals surface area contributed by atoms with Crippen molar-refractivity contribution in [2.24, 2.45) is 17.6 Å². The highest BCUT2D eigenvalue weighted by molar-refractivity contribution is 5.81. The zero-order valence-corrected chi connectivity index (χ0v) is 10.6. The standard InChI is InChI=1S/C12H24N2O2/c1-9-4-5-14(7-10(2)6-9)12(15)11(13)8-16-3/h9-11H,4-8,13H2,1-3H3. The summed E-state index contributed by atoms with van der Waals surface area (Å²) in [4.78, 5) is 13.9. The SMILES string of the molecule is COCC(N)C(=O)N1CCC(C)CC(C)C1. The summed E-state index contributed by atoms with van der Waals surface area (Å²) < 4.78 is 4.92. The van der Waals surface area contributed by atoms with E-state index in [4.69, 9.17) is 10.5 Å². The van der Waals surface area contributed by atoms with Gasteiger partial charge >= 0.3 is 0 Å². The van der Waals surface area contributed by atoms with E-state index in [2.05, 4.69) is 13.8 Å². The van der Waals surface area contributed by atoms with Crippen LogP contribution < -0.4 is 5.73 Å². The summed E-state index contributed by atoms with van der Waals surface area (Å²) in [7, 11) is 1.57. The van der Waals surface area contributed by atoms with Crippen molar-refractivity contribution < 1.29 is 9.53 Å². The number of hydrogen-bond donors (Lipinski definition) is 1. The number of carbonyl (C=O) groups excluding carboxylic acids is 1. The van der Waals surface area contributed by atoms with Gasteiger partial charge in [-0.25, -0.2) is 0 Å². The fourth-order valence-electron chi connectivity index (χ4n) is 2.41. The molecule has 1 fully saturated rings. The Morgan fingerprint density at radius 2 is 2.19 bits per heavy atom. The van der Waals surface area contributed by atoms with E-state index in [1.807, 2.05) is 4.90 Å². The topological polar surface area (TPSA) is 55.6 Å². The van der Waals surface area contributed by atoms with Crippen LogP contribution in [0.25, 0.3) is 0 Å². The van der Waals surface area contributed by atoms with E-state index in [0.29, 0.717) is 18.4 Å². The first-order chi connectivity index (χ1) is 7.54. The minimum Gasteiger partial charge on any atom is -0.383 e. The lowest BCUT2D eigenvalue weighted by Crippen LogP contribution is -2.47. The quantitative estimate of drug-likeness (QED) is 0.779. The molecule has 1 saturated heterocycles. The summed E-state index contributed by atoms with van der Waals surface area (Å²) in [5, 5.41) is 0. The first-order valence-electron chi connectivity index (χ1n) is 6.08. The molecular formula is C12H24N2O2. The van der Waals surface area contributed by atoms with Crippen molar-refractivity contribution in [2.45, 2.75) is 32.7 Å². The predicted molar refractivity (Wildman–Crippen MR) is 64.0 cm³/mol. The molecule has 0 aromatic carbocycles. The number of carbonyl (C=O) groups is 1. The third kappa shape index (κ3) is 3.76. The number of nitrogens with two attached hydrogens (primary N) is 1. The predicted octanol–water partition coefficient (Wildman–Crippen LogP) is 0.855. The largest absolute Gasteiger partial charge is 0.383 e. The zero-order chi connectivity index (χ0) is 12.1. The molecule has 1 aliphatic rings. The Morgan fingerprint density at radius 1 is 1.50 bits per heavy atom. The molecule has 0 aromatic rings. The molecule has 1 amide bonds. The van der Waals surface area contributed by atoms with Crippen LogP contribution in [0.3, 0.4) is 0 Å². The smallest absolute Gasteiger partial charge is 0.241 e. The molecule has 1 heterocycles. The van der Waals surface area contributed by atoms with Gasteiger partial charge in [-0.2, -0.15) is 0 Å². The normalized spacial score (nSPS) is 28.6. The molecular weight excluding hydrogens is 204 g/mol. The molecule has 4 nitrogen and oxygen atoms in total. The Kier molecular flexibility index (Phi) is 5.22. The third-order valence-corrected chi connectivity index (χ3v) is 3.20. The van der Waals surface area contributed by atoms with Crippen molar-refractivity contribution in [3.8, 4) is 0 Å². The summed E-state index contributed by atoms with van der Waals surface area (Å²) >= 11 is 0. The molecule has 0 saturated carbocycles. The monoisotopic (exact) mass is 228 g/mol. The molecule has 2 N–H and O–H groups in total. The lowest BCUT2D eigenvalue weighted by molar-refractivity contribution is -0.134. The van der Waals surface area contributed by atoms with E-state index in [1.165, 1.54) is 6.42 Å². The van der Waals surface area contributed by atoms with Crippen LogP contribution in [0.5, 0.6) is 0 Å². The first kappa shape index (κ1) is 13.5. The summed E-state index contributed by atoms with van der Waals surface area (Å²) in [6.45, 7) is 6.42. The number of amides is 1. The van der Waals surface area contributed by atoms with Gasteiger partial charge < -0.3 is 15.4 Å². The van der Waals surface area contributed by atoms with Crippen LogP contribution in [0.1, 0.15) is 26.7 Å². The average molecular weight is 228 g/mol. The van der Waals surface area contributed by atoms with Crippen molar-refractivity contribution in [1.29, 1.82) is 0 Å². The minimum atomic E-state index is -0.509. The van der Waals surface area contributed by atoms with Crippen LogP contribution in [-0.2, 0) is 9.53 Å². The van der Waals surface area contributed by atoms with E-state index in [1.54, 1.807) is 7.11 Å². The van der Waals surface area contributed by atoms with Gasteiger partial charge in [-0.3, -0.25) is 4.79 Å². The molecule has 0 spiro atoms. The van der Waals surface area contributed by atoms with Gasteiger partial charge in [0, 0.05) is 20.2 Å². The van der Waals surface area contributed by atoms with Gasteiger partial charge in [-0.05, 0) is 24.7 Å². The van der Waals surface area contributed by atoms with E-state index in [9.17, 15) is 4.79 Å². The van der Waals surface area contributed by atoms with Crippen molar-refractivity contribution in [3.05, 3.63) is 0 Å². The van der Waals surface area contributed by atoms with Gasteiger partial charge in [-0.1, -0.05) is 13.8 Å². The van der Waals surface area contributed by atoms with Gasteiger partial charge in [-0.15, -0.1) is 0 Å². The van der Waals surface area contributed by atoms with Crippen LogP contribution in [0.15, 0.2) is 0 Å². The van der Waals surface area contributed by atoms with E-state index in [-0.39, 0.29) is 5.91 Å². The second-order valence-corrected chi connectivity index (χ2v) is 5.08. The van der Waals surface area contributed by atoms with Crippen LogP contribution >= 0.6 is 0 Å². The van der Waals surface area contributed by atoms with Gasteiger partial charge in [0.15, 0.2) is 0 Å². The molecule has 1 rings (SSSR count). The molecule has 0 bridgehead atoms. The van der Waals surface area contributed by atoms with Gasteiger partial charge in [0.1, 0.15) is 6.04 Å². The Hall–Kier alpha value is -0.610. The number of methoxy groups -OCH3 is 1. The fraction of sp³-hybridized carbons (Fsp3) is 0.917. The minimum absolute atomic E-state index is 0.0304. The number of ether oxygens (including phenoxy) is 1. The van der Waals surface area contributed by atoms with Gasteiger partial charge in [0.25, 0.3) is 0 Å². The molecule has 1 aliphatic heterocycles. The van der Waals surface area contributed by atoms with Crippen molar-refractivity contribution in [3.63, 3.8) is 0 Å². The van der Waals surface area contributed by atoms with Crippen LogP contribution in [0.2, 0.25) is 0 Å². The maximum atomic E-state index is 12.0. The Balaban J connectivity index is 2.54. The fourth-order valence-corrected chi connectivity index (χ4v) is 2.41. The second-order valence-electron chi connectivity index (χ2n) is 5.08. The van der Waals surface area contributed by atoms with Gasteiger partial charge in [0.2, 0.25) is 5.91 Å². The van der Waals surface area contributed by atoms with Crippen molar-refractivity contribution in [2.75, 3.05) is 26.8 Å². The van der Waals surface area contributed by atoms with Gasteiger partial charge in [0.05, 0.1) is 6.61 Å². The highest BCUT2D eigenvalue weighted by atomic mass is 16.5.